The summed E-state index contributed by atoms with van der Waals surface area (Å²) in [6.07, 6.45) is 3.52. The van der Waals surface area contributed by atoms with Crippen LogP contribution in [0.4, 0.5) is 0 Å². The molecule has 3 rings (SSSR count). The molecule has 2 aromatic carbocycles. The van der Waals surface area contributed by atoms with Gasteiger partial charge in [-0.25, -0.2) is 0 Å². The van der Waals surface area contributed by atoms with E-state index in [1.807, 2.05) is 0 Å². The Morgan fingerprint density at radius 1 is 0.857 bits per heavy atom. The van der Waals surface area contributed by atoms with Crippen molar-refractivity contribution in [2.45, 2.75) is 41.0 Å². The molecule has 0 saturated carbocycles. The average Bonchev–Trinajstić information content (AvgIpc) is 2.86. The predicted molar refractivity (Wildman–Crippen MR) is 92.5 cm³/mol. The molecule has 0 unspecified atom stereocenters. The van der Waals surface area contributed by atoms with Gasteiger partial charge in [0, 0.05) is 0 Å². The number of aryl methyl sites for hydroxylation is 1. The Morgan fingerprint density at radius 2 is 1.52 bits per heavy atom. The Hall–Kier alpha value is -1.82. The zero-order valence-electron chi connectivity index (χ0n) is 13.7. The van der Waals surface area contributed by atoms with E-state index in [1.54, 1.807) is 0 Å². The Kier molecular flexibility index (Phi) is 3.28. The fourth-order valence-electron chi connectivity index (χ4n) is 3.13. The average molecular weight is 276 g/mol. The Bertz CT molecular complexity index is 724. The fourth-order valence-corrected chi connectivity index (χ4v) is 3.13. The molecule has 0 N–H and O–H groups in total. The molecule has 0 saturated heterocycles. The second kappa shape index (κ2) is 4.87. The first-order valence-electron chi connectivity index (χ1n) is 7.77. The zero-order valence-corrected chi connectivity index (χ0v) is 13.7. The standard InChI is InChI=1S/C21H24/c1-14-8-6-10-18(15(14)2)19-11-7-9-16-12-17(13-20(16)19)21(3,4)5/h6-11,13H,12H2,1-5H3. The Morgan fingerprint density at radius 3 is 2.24 bits per heavy atom. The zero-order chi connectivity index (χ0) is 15.2. The van der Waals surface area contributed by atoms with Crippen LogP contribution in [0.15, 0.2) is 42.0 Å². The number of hydrogen-bond acceptors (Lipinski definition) is 0. The van der Waals surface area contributed by atoms with Crippen molar-refractivity contribution in [1.82, 2.24) is 0 Å². The summed E-state index contributed by atoms with van der Waals surface area (Å²) in [6, 6.07) is 13.4. The van der Waals surface area contributed by atoms with Crippen molar-refractivity contribution >= 4 is 6.08 Å². The molecule has 108 valence electrons. The summed E-state index contributed by atoms with van der Waals surface area (Å²) in [7, 11) is 0. The van der Waals surface area contributed by atoms with Crippen LogP contribution in [0.3, 0.4) is 0 Å². The Balaban J connectivity index is 2.18. The molecule has 0 spiro atoms. The third kappa shape index (κ3) is 2.44. The van der Waals surface area contributed by atoms with Gasteiger partial charge in [-0.3, -0.25) is 0 Å². The van der Waals surface area contributed by atoms with Crippen LogP contribution in [0.25, 0.3) is 17.2 Å². The summed E-state index contributed by atoms with van der Waals surface area (Å²) in [4.78, 5) is 0. The molecule has 0 heteroatoms. The van der Waals surface area contributed by atoms with Crippen molar-refractivity contribution in [3.63, 3.8) is 0 Å². The lowest BCUT2D eigenvalue weighted by Gasteiger charge is -2.19. The molecule has 0 aliphatic heterocycles. The largest absolute Gasteiger partial charge is 0.0614 e. The van der Waals surface area contributed by atoms with Crippen LogP contribution in [-0.2, 0) is 6.42 Å². The quantitative estimate of drug-likeness (QED) is 0.603. The van der Waals surface area contributed by atoms with E-state index in [0.29, 0.717) is 0 Å². The maximum absolute atomic E-state index is 2.42. The molecule has 0 atom stereocenters. The van der Waals surface area contributed by atoms with Crippen molar-refractivity contribution in [2.75, 3.05) is 0 Å². The second-order valence-electron chi connectivity index (χ2n) is 7.22. The number of benzene rings is 2. The molecule has 0 bridgehead atoms. The molecular formula is C21H24. The van der Waals surface area contributed by atoms with Gasteiger partial charge in [0.2, 0.25) is 0 Å². The van der Waals surface area contributed by atoms with Crippen LogP contribution < -0.4 is 0 Å². The van der Waals surface area contributed by atoms with Gasteiger partial charge in [0.25, 0.3) is 0 Å². The summed E-state index contributed by atoms with van der Waals surface area (Å²) < 4.78 is 0. The monoisotopic (exact) mass is 276 g/mol. The normalized spacial score (nSPS) is 14.0. The molecular weight excluding hydrogens is 252 g/mol. The van der Waals surface area contributed by atoms with E-state index in [-0.39, 0.29) is 5.41 Å². The van der Waals surface area contributed by atoms with Gasteiger partial charge in [0.15, 0.2) is 0 Å². The van der Waals surface area contributed by atoms with Gasteiger partial charge >= 0.3 is 0 Å². The minimum atomic E-state index is 0.248. The van der Waals surface area contributed by atoms with Gasteiger partial charge < -0.3 is 0 Å². The highest BCUT2D eigenvalue weighted by Crippen LogP contribution is 2.41. The maximum Gasteiger partial charge on any atom is -0.00523 e. The SMILES string of the molecule is Cc1cccc(-c2cccc3c2C=C(C(C)(C)C)C3)c1C. The van der Waals surface area contributed by atoms with Gasteiger partial charge in [0.05, 0.1) is 0 Å². The van der Waals surface area contributed by atoms with Crippen molar-refractivity contribution < 1.29 is 0 Å². The molecule has 21 heavy (non-hydrogen) atoms. The second-order valence-corrected chi connectivity index (χ2v) is 7.22. The maximum atomic E-state index is 2.42. The lowest BCUT2D eigenvalue weighted by Crippen LogP contribution is -2.08. The number of fused-ring (bicyclic) bond motifs is 1. The van der Waals surface area contributed by atoms with E-state index < -0.39 is 0 Å². The molecule has 2 aromatic rings. The smallest absolute Gasteiger partial charge is 0.00523 e. The molecule has 0 amide bonds. The third-order valence-electron chi connectivity index (χ3n) is 4.75. The van der Waals surface area contributed by atoms with E-state index in [4.69, 9.17) is 0 Å². The highest BCUT2D eigenvalue weighted by atomic mass is 14.3. The van der Waals surface area contributed by atoms with Gasteiger partial charge in [0.1, 0.15) is 0 Å². The molecule has 0 heterocycles. The van der Waals surface area contributed by atoms with E-state index in [0.717, 1.165) is 6.42 Å². The number of hydrogen-bond donors (Lipinski definition) is 0. The van der Waals surface area contributed by atoms with Gasteiger partial charge in [-0.2, -0.15) is 0 Å². The summed E-state index contributed by atoms with van der Waals surface area (Å²) in [5, 5.41) is 0. The lowest BCUT2D eigenvalue weighted by atomic mass is 9.85. The van der Waals surface area contributed by atoms with Crippen molar-refractivity contribution in [3.05, 3.63) is 64.2 Å². The van der Waals surface area contributed by atoms with Crippen LogP contribution >= 0.6 is 0 Å². The van der Waals surface area contributed by atoms with Gasteiger partial charge in [-0.15, -0.1) is 0 Å². The minimum absolute atomic E-state index is 0.248. The first-order chi connectivity index (χ1) is 9.88. The summed E-state index contributed by atoms with van der Waals surface area (Å²) in [5.74, 6) is 0. The van der Waals surface area contributed by atoms with Crippen LogP contribution in [0.1, 0.15) is 43.0 Å². The van der Waals surface area contributed by atoms with Crippen LogP contribution in [0.2, 0.25) is 0 Å². The number of allylic oxidation sites excluding steroid dienone is 1. The highest BCUT2D eigenvalue weighted by molar-refractivity contribution is 5.82. The molecule has 1 aliphatic rings. The van der Waals surface area contributed by atoms with Gasteiger partial charge in [-0.1, -0.05) is 68.8 Å². The van der Waals surface area contributed by atoms with E-state index in [2.05, 4.69) is 77.1 Å². The predicted octanol–water partition coefficient (Wildman–Crippen LogP) is 5.96. The molecule has 0 aromatic heterocycles. The van der Waals surface area contributed by atoms with Crippen molar-refractivity contribution in [3.8, 4) is 11.1 Å². The van der Waals surface area contributed by atoms with Crippen LogP contribution in [-0.4, -0.2) is 0 Å². The lowest BCUT2D eigenvalue weighted by molar-refractivity contribution is 0.498. The minimum Gasteiger partial charge on any atom is -0.0614 e. The first-order valence-corrected chi connectivity index (χ1v) is 7.77. The van der Waals surface area contributed by atoms with Crippen LogP contribution in [0, 0.1) is 19.3 Å². The van der Waals surface area contributed by atoms with Crippen molar-refractivity contribution in [1.29, 1.82) is 0 Å². The van der Waals surface area contributed by atoms with E-state index in [1.165, 1.54) is 39.0 Å². The third-order valence-corrected chi connectivity index (χ3v) is 4.75. The van der Waals surface area contributed by atoms with E-state index in [9.17, 15) is 0 Å². The van der Waals surface area contributed by atoms with Crippen molar-refractivity contribution in [2.24, 2.45) is 5.41 Å². The first kappa shape index (κ1) is 14.1. The fraction of sp³-hybridized carbons (Fsp3) is 0.333. The summed E-state index contributed by atoms with van der Waals surface area (Å²) in [6.45, 7) is 11.3. The Labute approximate surface area is 128 Å². The summed E-state index contributed by atoms with van der Waals surface area (Å²) in [5.41, 5.74) is 10.2. The van der Waals surface area contributed by atoms with Crippen LogP contribution in [0.5, 0.6) is 0 Å². The summed E-state index contributed by atoms with van der Waals surface area (Å²) >= 11 is 0. The molecule has 1 aliphatic carbocycles. The molecule has 0 nitrogen and oxygen atoms in total. The highest BCUT2D eigenvalue weighted by Gasteiger charge is 2.24. The molecule has 0 radical (unpaired) electrons. The van der Waals surface area contributed by atoms with E-state index >= 15 is 0 Å². The number of rotatable bonds is 1. The molecule has 0 fully saturated rings. The van der Waals surface area contributed by atoms with Gasteiger partial charge in [-0.05, 0) is 59.1 Å². The topological polar surface area (TPSA) is 0 Å².